The van der Waals surface area contributed by atoms with E-state index >= 15 is 0 Å². The van der Waals surface area contributed by atoms with Gasteiger partial charge in [0.25, 0.3) is 0 Å². The quantitative estimate of drug-likeness (QED) is 0.137. The predicted molar refractivity (Wildman–Crippen MR) is 181 cm³/mol. The van der Waals surface area contributed by atoms with E-state index in [1.54, 1.807) is 0 Å². The zero-order chi connectivity index (χ0) is 35.2. The van der Waals surface area contributed by atoms with Gasteiger partial charge in [0.05, 0.1) is 11.5 Å². The number of fused-ring (bicyclic) bond motifs is 7. The number of carboxylic acids is 3. The van der Waals surface area contributed by atoms with Crippen molar-refractivity contribution in [3.63, 3.8) is 0 Å². The van der Waals surface area contributed by atoms with E-state index in [0.29, 0.717) is 25.2 Å². The van der Waals surface area contributed by atoms with E-state index in [-0.39, 0.29) is 83.1 Å². The van der Waals surface area contributed by atoms with Gasteiger partial charge in [0.2, 0.25) is 0 Å². The second-order valence-electron chi connectivity index (χ2n) is 18.0. The van der Waals surface area contributed by atoms with Gasteiger partial charge in [-0.1, -0.05) is 66.4 Å². The van der Waals surface area contributed by atoms with E-state index in [0.717, 1.165) is 70.6 Å². The van der Waals surface area contributed by atoms with Crippen molar-refractivity contribution in [1.29, 1.82) is 0 Å². The summed E-state index contributed by atoms with van der Waals surface area (Å²) in [6.07, 6.45) is 14.5. The monoisotopic (exact) mass is 722 g/mol. The molecule has 9 heteroatoms. The summed E-state index contributed by atoms with van der Waals surface area (Å²) in [6.45, 7) is 15.8. The number of allylic oxidation sites excluding steroid dienone is 2. The van der Waals surface area contributed by atoms with E-state index in [4.69, 9.17) is 10.2 Å². The summed E-state index contributed by atoms with van der Waals surface area (Å²) in [4.78, 5) is 46.6. The summed E-state index contributed by atoms with van der Waals surface area (Å²) in [5.74, 6) is -1.46. The first-order chi connectivity index (χ1) is 21.7. The van der Waals surface area contributed by atoms with Crippen molar-refractivity contribution in [3.8, 4) is 0 Å². The van der Waals surface area contributed by atoms with Gasteiger partial charge in [-0.2, -0.15) is 0 Å². The molecule has 0 aromatic carbocycles. The van der Waals surface area contributed by atoms with Crippen LogP contribution in [0.3, 0.4) is 0 Å². The third-order valence-corrected chi connectivity index (χ3v) is 14.9. The molecule has 0 heterocycles. The first-order valence-corrected chi connectivity index (χ1v) is 18.3. The number of unbranched alkanes of at least 4 members (excludes halogenated alkanes) is 4. The molecule has 48 heavy (non-hydrogen) atoms. The molecule has 0 aromatic rings. The maximum atomic E-state index is 14.2. The average Bonchev–Trinajstić information content (AvgIpc) is 2.96. The molecule has 268 valence electrons. The van der Waals surface area contributed by atoms with Crippen molar-refractivity contribution in [1.82, 2.24) is 0 Å². The van der Waals surface area contributed by atoms with Gasteiger partial charge in [-0.05, 0) is 123 Å². The van der Waals surface area contributed by atoms with Gasteiger partial charge in [-0.3, -0.25) is 19.2 Å². The Hall–Kier alpha value is -1.60. The molecule has 0 bridgehead atoms. The molecule has 0 unspecified atom stereocenters. The van der Waals surface area contributed by atoms with E-state index in [1.807, 2.05) is 13.0 Å². The van der Waals surface area contributed by atoms with Gasteiger partial charge in [-0.25, -0.2) is 0 Å². The summed E-state index contributed by atoms with van der Waals surface area (Å²) >= 11 is 0. The third-order valence-electron chi connectivity index (χ3n) is 14.9. The first kappa shape index (κ1) is 40.8. The van der Waals surface area contributed by atoms with Gasteiger partial charge < -0.3 is 20.4 Å². The van der Waals surface area contributed by atoms with Crippen LogP contribution in [0.25, 0.3) is 0 Å². The molecule has 5 rings (SSSR count). The third kappa shape index (κ3) is 7.12. The second-order valence-corrected chi connectivity index (χ2v) is 18.0. The van der Waals surface area contributed by atoms with Gasteiger partial charge in [0.15, 0.2) is 5.78 Å². The van der Waals surface area contributed by atoms with Crippen LogP contribution in [0.4, 0.5) is 0 Å². The second kappa shape index (κ2) is 14.6. The Balaban J connectivity index is 0.000000382. The van der Waals surface area contributed by atoms with Crippen LogP contribution in [0.15, 0.2) is 11.6 Å². The van der Waals surface area contributed by atoms with Crippen LogP contribution in [0, 0.1) is 50.2 Å². The molecule has 5 aliphatic carbocycles. The van der Waals surface area contributed by atoms with Gasteiger partial charge in [-0.15, -0.1) is 0 Å². The Morgan fingerprint density at radius 1 is 0.750 bits per heavy atom. The standard InChI is InChI=1S/C30H46O4.C9H16O4.Zn/c1-25(2)21-8-11-30(7)23(28(21,5)10-9-22(25)32)20(31)16-18-19-17-27(4,24(33)34)13-12-26(19,3)14-15-29(18,30)6;10-8(11)6-4-2-1-3-5-7-9(12)13;/h16,19,21-23,32H,8-15,17H2,1-7H3,(H,33,34);1-7H2,(H,10,11)(H,12,13);/t19-,21-,22-,23+,26+,27-,28-,29+,30+;;/m0../s1. The fraction of sp³-hybridized carbons (Fsp3) is 0.846. The molecule has 5 aliphatic rings. The topological polar surface area (TPSA) is 149 Å². The van der Waals surface area contributed by atoms with Crippen molar-refractivity contribution in [2.45, 2.75) is 157 Å². The number of aliphatic hydroxyl groups is 1. The molecule has 0 radical (unpaired) electrons. The summed E-state index contributed by atoms with van der Waals surface area (Å²) in [5.41, 5.74) is 0.142. The van der Waals surface area contributed by atoms with Gasteiger partial charge >= 0.3 is 17.9 Å². The fourth-order valence-electron chi connectivity index (χ4n) is 11.4. The van der Waals surface area contributed by atoms with Crippen LogP contribution in [-0.4, -0.2) is 50.2 Å². The Morgan fingerprint density at radius 2 is 1.29 bits per heavy atom. The molecule has 4 fully saturated rings. The summed E-state index contributed by atoms with van der Waals surface area (Å²) in [6, 6.07) is 0. The maximum absolute atomic E-state index is 14.2. The van der Waals surface area contributed by atoms with E-state index in [9.17, 15) is 29.4 Å². The molecule has 4 N–H and O–H groups in total. The van der Waals surface area contributed by atoms with Crippen LogP contribution in [0.2, 0.25) is 0 Å². The van der Waals surface area contributed by atoms with Crippen LogP contribution in [-0.2, 0) is 38.7 Å². The predicted octanol–water partition coefficient (Wildman–Crippen LogP) is 8.30. The molecule has 4 saturated carbocycles. The fourth-order valence-corrected chi connectivity index (χ4v) is 11.4. The van der Waals surface area contributed by atoms with Gasteiger partial charge in [0.1, 0.15) is 0 Å². The molecule has 0 aromatic heterocycles. The van der Waals surface area contributed by atoms with Crippen LogP contribution >= 0.6 is 0 Å². The number of aliphatic hydroxyl groups excluding tert-OH is 1. The van der Waals surface area contributed by atoms with Crippen molar-refractivity contribution < 1.29 is 59.1 Å². The number of carbonyl (C=O) groups excluding carboxylic acids is 1. The number of hydrogen-bond donors (Lipinski definition) is 4. The Labute approximate surface area is 301 Å². The van der Waals surface area contributed by atoms with Crippen LogP contribution in [0.1, 0.15) is 151 Å². The maximum Gasteiger partial charge on any atom is 0.309 e. The van der Waals surface area contributed by atoms with E-state index in [1.165, 1.54) is 5.57 Å². The SMILES string of the molecule is CC1(C)[C@@H](O)CC[C@]2(C)[C@H]3C(=O)C=C4[C@@H]5C[C@@](C)(C(=O)O)CC[C@]5(C)CC[C@@]4(C)[C@]3(C)CC[C@@H]12.O=C(O)CCCCCCCC(=O)O.[Zn]. The van der Waals surface area contributed by atoms with Gasteiger partial charge in [0, 0.05) is 38.2 Å². The van der Waals surface area contributed by atoms with Crippen molar-refractivity contribution in [2.75, 3.05) is 0 Å². The number of hydrogen-bond acceptors (Lipinski definition) is 5. The normalized spacial score (nSPS) is 41.0. The molecular formula is C39H62O8Zn. The van der Waals surface area contributed by atoms with Crippen molar-refractivity contribution >= 4 is 23.7 Å². The average molecular weight is 724 g/mol. The molecule has 9 atom stereocenters. The number of carbonyl (C=O) groups is 4. The van der Waals surface area contributed by atoms with Crippen LogP contribution < -0.4 is 0 Å². The summed E-state index contributed by atoms with van der Waals surface area (Å²) in [5, 5.41) is 37.5. The zero-order valence-corrected chi connectivity index (χ0v) is 33.8. The van der Waals surface area contributed by atoms with E-state index < -0.39 is 23.3 Å². The minimum absolute atomic E-state index is 0. The summed E-state index contributed by atoms with van der Waals surface area (Å²) in [7, 11) is 0. The number of carboxylic acid groups (broad SMARTS) is 3. The van der Waals surface area contributed by atoms with Crippen molar-refractivity contribution in [2.24, 2.45) is 50.2 Å². The molecular weight excluding hydrogens is 662 g/mol. The van der Waals surface area contributed by atoms with Crippen LogP contribution in [0.5, 0.6) is 0 Å². The number of rotatable bonds is 9. The number of ketones is 1. The Kier molecular flexibility index (Phi) is 12.4. The number of aliphatic carboxylic acids is 3. The van der Waals surface area contributed by atoms with Crippen molar-refractivity contribution in [3.05, 3.63) is 11.6 Å². The Bertz CT molecular complexity index is 1260. The molecule has 0 saturated heterocycles. The minimum Gasteiger partial charge on any atom is -0.481 e. The summed E-state index contributed by atoms with van der Waals surface area (Å²) < 4.78 is 0. The molecule has 0 amide bonds. The first-order valence-electron chi connectivity index (χ1n) is 18.3. The van der Waals surface area contributed by atoms with E-state index in [2.05, 4.69) is 41.5 Å². The minimum atomic E-state index is -0.759. The smallest absolute Gasteiger partial charge is 0.309 e. The zero-order valence-electron chi connectivity index (χ0n) is 30.8. The molecule has 0 spiro atoms. The molecule has 8 nitrogen and oxygen atoms in total. The largest absolute Gasteiger partial charge is 0.481 e. The Morgan fingerprint density at radius 3 is 1.83 bits per heavy atom. The molecule has 0 aliphatic heterocycles.